The van der Waals surface area contributed by atoms with Crippen molar-refractivity contribution in [2.45, 2.75) is 102 Å². The summed E-state index contributed by atoms with van der Waals surface area (Å²) in [4.78, 5) is 31.1. The smallest absolute Gasteiger partial charge is 0.308 e. The highest BCUT2D eigenvalue weighted by atomic mass is 32.2. The molecule has 7 aliphatic rings. The molecular weight excluding hydrogens is 741 g/mol. The maximum Gasteiger partial charge on any atom is 0.333 e. The molecule has 3 heterocycles. The lowest BCUT2D eigenvalue weighted by atomic mass is 9.87. The van der Waals surface area contributed by atoms with Gasteiger partial charge in [0.25, 0.3) is 0 Å². The molecule has 16 heteroatoms. The number of piperidine rings is 1. The van der Waals surface area contributed by atoms with E-state index in [0.29, 0.717) is 38.0 Å². The van der Waals surface area contributed by atoms with Crippen molar-refractivity contribution in [2.75, 3.05) is 58.0 Å². The number of likely N-dealkylation sites (N-methyl/N-ethyl adjacent to an activating group) is 2. The van der Waals surface area contributed by atoms with E-state index in [1.807, 2.05) is 26.0 Å². The highest BCUT2D eigenvalue weighted by Gasteiger charge is 2.55. The summed E-state index contributed by atoms with van der Waals surface area (Å²) >= 11 is 0. The predicted octanol–water partition coefficient (Wildman–Crippen LogP) is 2.94. The Hall–Kier alpha value is -3.28. The Bertz CT molecular complexity index is 2160. The molecule has 3 saturated heterocycles. The van der Waals surface area contributed by atoms with Gasteiger partial charge < -0.3 is 15.5 Å². The molecule has 0 saturated carbocycles. The summed E-state index contributed by atoms with van der Waals surface area (Å²) in [7, 11) is -2.15. The van der Waals surface area contributed by atoms with Gasteiger partial charge in [0.05, 0.1) is 6.04 Å². The zero-order valence-electron chi connectivity index (χ0n) is 32.1. The Kier molecular flexibility index (Phi) is 9.48. The van der Waals surface area contributed by atoms with Crippen LogP contribution in [0.4, 0.5) is 21.0 Å². The third-order valence-electron chi connectivity index (χ3n) is 13.7. The maximum atomic E-state index is 13.6. The van der Waals surface area contributed by atoms with Crippen LogP contribution < -0.4 is 20.1 Å². The summed E-state index contributed by atoms with van der Waals surface area (Å²) in [5, 5.41) is 6.07. The highest BCUT2D eigenvalue weighted by molar-refractivity contribution is 7.88. The van der Waals surface area contributed by atoms with Crippen LogP contribution >= 0.6 is 0 Å². The Morgan fingerprint density at radius 1 is 0.673 bits per heavy atom. The van der Waals surface area contributed by atoms with Crippen LogP contribution in [0.5, 0.6) is 0 Å². The van der Waals surface area contributed by atoms with E-state index in [9.17, 15) is 26.4 Å². The lowest BCUT2D eigenvalue weighted by Crippen LogP contribution is -2.79. The molecule has 298 valence electrons. The summed E-state index contributed by atoms with van der Waals surface area (Å²) in [5.41, 5.74) is 10.9. The second kappa shape index (κ2) is 14.0. The molecule has 2 aromatic carbocycles. The molecule has 14 nitrogen and oxygen atoms in total. The first-order valence-corrected chi connectivity index (χ1v) is 23.0. The third-order valence-corrected chi connectivity index (χ3v) is 16.7. The SMILES string of the molecule is CN(C)CC1CCCCN1S(=O)(=O)NC(=O)Nc1c2c(cc3c1CC(C1Cc4cc5c(c(NC(=O)NS(=O)(=O)N6CC7[C@@H]6CN7C)c4C1)CCC5)C3)CCC2. The fraction of sp³-hybridized carbons (Fsp3) is 0.641. The lowest BCUT2D eigenvalue weighted by Gasteiger charge is -2.59. The Morgan fingerprint density at radius 2 is 1.22 bits per heavy atom. The summed E-state index contributed by atoms with van der Waals surface area (Å²) in [6.45, 7) is 2.06. The van der Waals surface area contributed by atoms with Gasteiger partial charge in [0.15, 0.2) is 0 Å². The van der Waals surface area contributed by atoms with Crippen molar-refractivity contribution in [3.8, 4) is 0 Å². The third kappa shape index (κ3) is 6.73. The van der Waals surface area contributed by atoms with E-state index in [2.05, 4.69) is 37.1 Å². The number of piperazine rings is 1. The molecule has 3 fully saturated rings. The number of aryl methyl sites for hydroxylation is 2. The molecular formula is C39H54N8O6S2. The number of nitrogens with one attached hydrogen (secondary N) is 4. The van der Waals surface area contributed by atoms with Gasteiger partial charge >= 0.3 is 32.5 Å². The Morgan fingerprint density at radius 3 is 1.71 bits per heavy atom. The molecule has 0 radical (unpaired) electrons. The van der Waals surface area contributed by atoms with Gasteiger partial charge in [-0.3, -0.25) is 4.90 Å². The summed E-state index contributed by atoms with van der Waals surface area (Å²) < 4.78 is 60.9. The molecule has 9 rings (SSSR count). The Labute approximate surface area is 325 Å². The number of benzene rings is 2. The zero-order chi connectivity index (χ0) is 38.4. The molecule has 4 N–H and O–H groups in total. The van der Waals surface area contributed by atoms with E-state index in [1.165, 1.54) is 30.9 Å². The van der Waals surface area contributed by atoms with E-state index in [-0.39, 0.29) is 18.1 Å². The molecule has 5 atom stereocenters. The van der Waals surface area contributed by atoms with Gasteiger partial charge in [-0.2, -0.15) is 25.4 Å². The largest absolute Gasteiger partial charge is 0.333 e. The second-order valence-corrected chi connectivity index (χ2v) is 20.6. The number of hydrogen-bond donors (Lipinski definition) is 4. The number of carbonyl (C=O) groups is 2. The molecule has 4 aliphatic carbocycles. The van der Waals surface area contributed by atoms with Gasteiger partial charge in [-0.25, -0.2) is 19.0 Å². The minimum atomic E-state index is -4.04. The first kappa shape index (κ1) is 37.3. The highest BCUT2D eigenvalue weighted by Crippen LogP contribution is 2.47. The molecule has 4 amide bonds. The minimum absolute atomic E-state index is 0.0727. The summed E-state index contributed by atoms with van der Waals surface area (Å²) in [6, 6.07) is 3.17. The van der Waals surface area contributed by atoms with Crippen molar-refractivity contribution < 1.29 is 26.4 Å². The van der Waals surface area contributed by atoms with Crippen molar-refractivity contribution in [1.29, 1.82) is 0 Å². The molecule has 3 aliphatic heterocycles. The summed E-state index contributed by atoms with van der Waals surface area (Å²) in [5.74, 6) is 0.602. The quantitative estimate of drug-likeness (QED) is 0.301. The number of hydrogen-bond acceptors (Lipinski definition) is 8. The van der Waals surface area contributed by atoms with E-state index < -0.39 is 32.5 Å². The predicted molar refractivity (Wildman–Crippen MR) is 211 cm³/mol. The average molecular weight is 795 g/mol. The van der Waals surface area contributed by atoms with Crippen LogP contribution in [0.2, 0.25) is 0 Å². The van der Waals surface area contributed by atoms with Gasteiger partial charge in [0.2, 0.25) is 0 Å². The fourth-order valence-electron chi connectivity index (χ4n) is 11.0. The standard InChI is InChI=1S/C39H54N8O6S2/c1-44(2)20-29-10-4-5-13-46(29)54(50,51)42-38(48)40-36-30-11-6-8-23(30)14-27-16-25(18-32(27)36)26-17-28-15-24-9-7-12-31(24)37(33(28)19-26)41-39(49)43-55(52,53)47-22-34-35(47)21-45(34)3/h14-15,25-26,29,34-35H,4-13,16-22H2,1-3H3,(H2,40,42,48)(H2,41,43,49)/t25?,26?,29?,34?,35-/m0/s1. The molecule has 0 bridgehead atoms. The normalized spacial score (nSPS) is 27.4. The Balaban J connectivity index is 0.909. The van der Waals surface area contributed by atoms with Crippen LogP contribution in [0.15, 0.2) is 12.1 Å². The monoisotopic (exact) mass is 794 g/mol. The van der Waals surface area contributed by atoms with Gasteiger partial charge in [-0.1, -0.05) is 18.6 Å². The van der Waals surface area contributed by atoms with E-state index in [4.69, 9.17) is 0 Å². The van der Waals surface area contributed by atoms with Gasteiger partial charge in [0.1, 0.15) is 0 Å². The minimum Gasteiger partial charge on any atom is -0.308 e. The number of nitrogens with zero attached hydrogens (tertiary/aromatic N) is 4. The summed E-state index contributed by atoms with van der Waals surface area (Å²) in [6.07, 6.45) is 11.3. The maximum absolute atomic E-state index is 13.6. The van der Waals surface area contributed by atoms with Gasteiger partial charge in [-0.05, 0) is 155 Å². The molecule has 0 spiro atoms. The first-order valence-electron chi connectivity index (χ1n) is 20.1. The second-order valence-electron chi connectivity index (χ2n) is 17.4. The number of rotatable bonds is 9. The van der Waals surface area contributed by atoms with Crippen molar-refractivity contribution in [3.05, 3.63) is 56.6 Å². The van der Waals surface area contributed by atoms with E-state index in [0.717, 1.165) is 117 Å². The van der Waals surface area contributed by atoms with E-state index >= 15 is 0 Å². The van der Waals surface area contributed by atoms with Crippen LogP contribution in [0, 0.1) is 11.8 Å². The number of carbonyl (C=O) groups excluding carboxylic acids is 2. The number of urea groups is 2. The molecule has 55 heavy (non-hydrogen) atoms. The van der Waals surface area contributed by atoms with Crippen LogP contribution in [0.1, 0.15) is 76.6 Å². The average Bonchev–Trinajstić information content (AvgIpc) is 3.92. The van der Waals surface area contributed by atoms with Crippen LogP contribution in [0.3, 0.4) is 0 Å². The first-order chi connectivity index (χ1) is 26.3. The van der Waals surface area contributed by atoms with Crippen molar-refractivity contribution in [2.24, 2.45) is 11.8 Å². The molecule has 0 aromatic heterocycles. The number of fused-ring (bicyclic) bond motifs is 5. The van der Waals surface area contributed by atoms with Crippen LogP contribution in [-0.2, 0) is 71.8 Å². The van der Waals surface area contributed by atoms with Crippen LogP contribution in [-0.4, -0.2) is 113 Å². The molecule has 4 unspecified atom stereocenters. The lowest BCUT2D eigenvalue weighted by molar-refractivity contribution is -0.0620. The van der Waals surface area contributed by atoms with Crippen molar-refractivity contribution in [1.82, 2.24) is 27.9 Å². The topological polar surface area (TPSA) is 164 Å². The van der Waals surface area contributed by atoms with Gasteiger partial charge in [-0.15, -0.1) is 0 Å². The fourth-order valence-corrected chi connectivity index (χ4v) is 13.6. The number of amides is 4. The van der Waals surface area contributed by atoms with Crippen molar-refractivity contribution >= 4 is 43.9 Å². The number of likely N-dealkylation sites (tertiary alicyclic amines) is 1. The van der Waals surface area contributed by atoms with E-state index in [1.54, 1.807) is 0 Å². The van der Waals surface area contributed by atoms with Gasteiger partial charge in [0, 0.05) is 49.6 Å². The zero-order valence-corrected chi connectivity index (χ0v) is 33.8. The molecule has 2 aromatic rings. The number of anilines is 2. The van der Waals surface area contributed by atoms with Crippen molar-refractivity contribution in [3.63, 3.8) is 0 Å². The van der Waals surface area contributed by atoms with Crippen LogP contribution in [0.25, 0.3) is 0 Å².